The Labute approximate surface area is 107 Å². The van der Waals surface area contributed by atoms with Gasteiger partial charge in [0, 0.05) is 5.41 Å². The molecular formula is C17H16O. The number of hydrogen-bond donors (Lipinski definition) is 0. The first-order chi connectivity index (χ1) is 8.79. The van der Waals surface area contributed by atoms with Crippen LogP contribution < -0.4 is 0 Å². The van der Waals surface area contributed by atoms with Crippen molar-refractivity contribution in [2.24, 2.45) is 0 Å². The molecular weight excluding hydrogens is 220 g/mol. The van der Waals surface area contributed by atoms with Gasteiger partial charge in [0.05, 0.1) is 12.7 Å². The quantitative estimate of drug-likeness (QED) is 0.676. The monoisotopic (exact) mass is 236 g/mol. The molecule has 4 rings (SSSR count). The van der Waals surface area contributed by atoms with Crippen LogP contribution in [0.25, 0.3) is 0 Å². The van der Waals surface area contributed by atoms with Crippen LogP contribution in [0, 0.1) is 0 Å². The van der Waals surface area contributed by atoms with Crippen molar-refractivity contribution < 1.29 is 4.74 Å². The third-order valence-electron chi connectivity index (χ3n) is 4.51. The second kappa shape index (κ2) is 3.46. The molecule has 1 nitrogen and oxygen atoms in total. The molecule has 1 aliphatic carbocycles. The smallest absolute Gasteiger partial charge is 0.0929 e. The molecule has 18 heavy (non-hydrogen) atoms. The first-order valence-electron chi connectivity index (χ1n) is 6.57. The molecule has 0 saturated carbocycles. The molecule has 2 aliphatic rings. The van der Waals surface area contributed by atoms with Crippen LogP contribution in [0.3, 0.4) is 0 Å². The molecule has 0 fully saturated rings. The Balaban J connectivity index is 1.93. The summed E-state index contributed by atoms with van der Waals surface area (Å²) in [5.41, 5.74) is 5.76. The minimum atomic E-state index is 0.110. The van der Waals surface area contributed by atoms with Crippen molar-refractivity contribution >= 4 is 0 Å². The Morgan fingerprint density at radius 1 is 1.00 bits per heavy atom. The third kappa shape index (κ3) is 1.20. The highest BCUT2D eigenvalue weighted by molar-refractivity contribution is 5.47. The zero-order chi connectivity index (χ0) is 12.2. The fraction of sp³-hybridized carbons (Fsp3) is 0.294. The van der Waals surface area contributed by atoms with Crippen molar-refractivity contribution in [3.05, 3.63) is 70.8 Å². The van der Waals surface area contributed by atoms with Crippen LogP contribution in [-0.4, -0.2) is 0 Å². The number of fused-ring (bicyclic) bond motifs is 5. The van der Waals surface area contributed by atoms with Gasteiger partial charge in [0.1, 0.15) is 0 Å². The molecule has 1 heterocycles. The average Bonchev–Trinajstić information content (AvgIpc) is 2.71. The molecule has 0 saturated heterocycles. The van der Waals surface area contributed by atoms with Gasteiger partial charge in [-0.2, -0.15) is 0 Å². The number of rotatable bonds is 0. The average molecular weight is 236 g/mol. The molecule has 1 heteroatoms. The van der Waals surface area contributed by atoms with E-state index in [2.05, 4.69) is 55.5 Å². The predicted molar refractivity (Wildman–Crippen MR) is 71.5 cm³/mol. The molecule has 0 bridgehead atoms. The van der Waals surface area contributed by atoms with E-state index in [9.17, 15) is 0 Å². The van der Waals surface area contributed by atoms with Gasteiger partial charge in [-0.25, -0.2) is 0 Å². The predicted octanol–water partition coefficient (Wildman–Crippen LogP) is 3.77. The van der Waals surface area contributed by atoms with Gasteiger partial charge in [0.15, 0.2) is 0 Å². The highest BCUT2D eigenvalue weighted by atomic mass is 16.5. The minimum absolute atomic E-state index is 0.110. The van der Waals surface area contributed by atoms with E-state index in [-0.39, 0.29) is 11.5 Å². The minimum Gasteiger partial charge on any atom is -0.368 e. The molecule has 2 aromatic carbocycles. The molecule has 0 unspecified atom stereocenters. The Morgan fingerprint density at radius 2 is 1.72 bits per heavy atom. The van der Waals surface area contributed by atoms with Crippen molar-refractivity contribution in [1.82, 2.24) is 0 Å². The SMILES string of the molecule is C[C@@]12Cc3ccccc3[C@@H]1OCc1ccccc12. The van der Waals surface area contributed by atoms with E-state index in [1.165, 1.54) is 22.3 Å². The lowest BCUT2D eigenvalue weighted by molar-refractivity contribution is -0.0190. The zero-order valence-corrected chi connectivity index (χ0v) is 10.5. The van der Waals surface area contributed by atoms with Gasteiger partial charge in [-0.3, -0.25) is 0 Å². The maximum atomic E-state index is 6.16. The number of ether oxygens (including phenoxy) is 1. The van der Waals surface area contributed by atoms with Crippen molar-refractivity contribution in [2.45, 2.75) is 31.5 Å². The molecule has 0 N–H and O–H groups in total. The van der Waals surface area contributed by atoms with Gasteiger partial charge in [0.2, 0.25) is 0 Å². The summed E-state index contributed by atoms with van der Waals surface area (Å²) in [6.07, 6.45) is 1.31. The summed E-state index contributed by atoms with van der Waals surface area (Å²) in [7, 11) is 0. The lowest BCUT2D eigenvalue weighted by Gasteiger charge is -2.38. The van der Waals surface area contributed by atoms with Crippen LogP contribution in [0.4, 0.5) is 0 Å². The van der Waals surface area contributed by atoms with Crippen molar-refractivity contribution in [3.63, 3.8) is 0 Å². The molecule has 0 spiro atoms. The molecule has 1 aliphatic heterocycles. The largest absolute Gasteiger partial charge is 0.368 e. The second-order valence-corrected chi connectivity index (χ2v) is 5.64. The van der Waals surface area contributed by atoms with E-state index in [0.29, 0.717) is 0 Å². The third-order valence-corrected chi connectivity index (χ3v) is 4.51. The molecule has 2 atom stereocenters. The Kier molecular flexibility index (Phi) is 1.98. The van der Waals surface area contributed by atoms with Crippen LogP contribution in [0.1, 0.15) is 35.3 Å². The summed E-state index contributed by atoms with van der Waals surface area (Å²) in [4.78, 5) is 0. The maximum Gasteiger partial charge on any atom is 0.0929 e. The first kappa shape index (κ1) is 10.3. The van der Waals surface area contributed by atoms with Gasteiger partial charge in [-0.1, -0.05) is 55.5 Å². The number of benzene rings is 2. The highest BCUT2D eigenvalue weighted by Crippen LogP contribution is 2.52. The molecule has 0 radical (unpaired) electrons. The maximum absolute atomic E-state index is 6.16. The van der Waals surface area contributed by atoms with E-state index < -0.39 is 0 Å². The first-order valence-corrected chi connectivity index (χ1v) is 6.57. The summed E-state index contributed by atoms with van der Waals surface area (Å²) < 4.78 is 6.16. The summed E-state index contributed by atoms with van der Waals surface area (Å²) >= 11 is 0. The lowest BCUT2D eigenvalue weighted by Crippen LogP contribution is -2.34. The van der Waals surface area contributed by atoms with Crippen LogP contribution in [0.5, 0.6) is 0 Å². The number of hydrogen-bond acceptors (Lipinski definition) is 1. The van der Waals surface area contributed by atoms with Crippen molar-refractivity contribution in [1.29, 1.82) is 0 Å². The summed E-state index contributed by atoms with van der Waals surface area (Å²) in [5, 5.41) is 0. The second-order valence-electron chi connectivity index (χ2n) is 5.64. The molecule has 90 valence electrons. The Morgan fingerprint density at radius 3 is 2.61 bits per heavy atom. The molecule has 2 aromatic rings. The van der Waals surface area contributed by atoms with E-state index in [0.717, 1.165) is 13.0 Å². The normalized spacial score (nSPS) is 28.4. The van der Waals surface area contributed by atoms with E-state index >= 15 is 0 Å². The van der Waals surface area contributed by atoms with Crippen molar-refractivity contribution in [3.8, 4) is 0 Å². The fourth-order valence-electron chi connectivity index (χ4n) is 3.67. The van der Waals surface area contributed by atoms with E-state index in [4.69, 9.17) is 4.74 Å². The lowest BCUT2D eigenvalue weighted by atomic mass is 9.74. The van der Waals surface area contributed by atoms with Crippen LogP contribution >= 0.6 is 0 Å². The zero-order valence-electron chi connectivity index (χ0n) is 10.5. The summed E-state index contributed by atoms with van der Waals surface area (Å²) in [5.74, 6) is 0. The summed E-state index contributed by atoms with van der Waals surface area (Å²) in [6, 6.07) is 17.4. The Bertz CT molecular complexity index is 617. The summed E-state index contributed by atoms with van der Waals surface area (Å²) in [6.45, 7) is 3.08. The van der Waals surface area contributed by atoms with E-state index in [1.54, 1.807) is 0 Å². The van der Waals surface area contributed by atoms with Gasteiger partial charge in [-0.15, -0.1) is 0 Å². The van der Waals surface area contributed by atoms with Crippen LogP contribution in [0.15, 0.2) is 48.5 Å². The molecule has 0 aromatic heterocycles. The van der Waals surface area contributed by atoms with Gasteiger partial charge < -0.3 is 4.74 Å². The van der Waals surface area contributed by atoms with Gasteiger partial charge in [0.25, 0.3) is 0 Å². The van der Waals surface area contributed by atoms with Crippen molar-refractivity contribution in [2.75, 3.05) is 0 Å². The topological polar surface area (TPSA) is 9.23 Å². The molecule has 0 amide bonds. The van der Waals surface area contributed by atoms with Gasteiger partial charge in [-0.05, 0) is 28.7 Å². The van der Waals surface area contributed by atoms with Crippen LogP contribution in [-0.2, 0) is 23.2 Å². The van der Waals surface area contributed by atoms with Crippen LogP contribution in [0.2, 0.25) is 0 Å². The standard InChI is InChI=1S/C17H16O/c1-17-10-12-6-2-4-8-14(12)16(17)18-11-13-7-3-5-9-15(13)17/h2-9,16H,10-11H2,1H3/t16-,17-/m0/s1. The Hall–Kier alpha value is -1.60. The van der Waals surface area contributed by atoms with E-state index in [1.807, 2.05) is 0 Å². The van der Waals surface area contributed by atoms with Gasteiger partial charge >= 0.3 is 0 Å². The fourth-order valence-corrected chi connectivity index (χ4v) is 3.67. The highest BCUT2D eigenvalue weighted by Gasteiger charge is 2.47.